The Morgan fingerprint density at radius 2 is 2.36 bits per heavy atom. The molecule has 0 saturated heterocycles. The number of aliphatic hydroxyl groups is 1. The summed E-state index contributed by atoms with van der Waals surface area (Å²) >= 11 is 6.28. The number of hydrogen-bond donors (Lipinski definition) is 2. The largest absolute Gasteiger partial charge is 0.392 e. The Kier molecular flexibility index (Phi) is 3.29. The molecule has 3 nitrogen and oxygen atoms in total. The Bertz CT molecular complexity index is 254. The molecule has 0 aliphatic carbocycles. The number of rotatable bonds is 2. The minimum Gasteiger partial charge on any atom is -0.392 e. The molecular weight excluding hydrogens is 276 g/mol. The highest BCUT2D eigenvalue weighted by Gasteiger charge is 2.01. The molecule has 1 rings (SSSR count). The molecule has 60 valence electrons. The second-order valence-corrected chi connectivity index (χ2v) is 3.23. The number of hydrogen-bond acceptors (Lipinski definition) is 3. The number of pyridine rings is 1. The van der Waals surface area contributed by atoms with Crippen molar-refractivity contribution in [2.24, 2.45) is 0 Å². The maximum absolute atomic E-state index is 8.85. The van der Waals surface area contributed by atoms with Gasteiger partial charge in [0.2, 0.25) is 0 Å². The molecule has 5 heteroatoms. The van der Waals surface area contributed by atoms with Crippen molar-refractivity contribution in [2.75, 3.05) is 4.34 Å². The molecule has 0 unspecified atom stereocenters. The van der Waals surface area contributed by atoms with Crippen LogP contribution in [0.2, 0.25) is 0 Å². The molecule has 0 radical (unpaired) electrons. The van der Waals surface area contributed by atoms with E-state index in [-0.39, 0.29) is 6.61 Å². The molecular formula is C6H6Br2N2O. The van der Waals surface area contributed by atoms with E-state index in [0.717, 1.165) is 10.0 Å². The monoisotopic (exact) mass is 280 g/mol. The number of aromatic nitrogens is 1. The van der Waals surface area contributed by atoms with Crippen LogP contribution in [0.4, 0.5) is 5.82 Å². The standard InChI is InChI=1S/C6H6Br2N2O/c7-5-1-4(3-11)6(10-8)9-2-5/h1-2,11H,3H2,(H,9,10). The molecule has 0 amide bonds. The van der Waals surface area contributed by atoms with Gasteiger partial charge in [0.15, 0.2) is 0 Å². The van der Waals surface area contributed by atoms with E-state index in [1.165, 1.54) is 0 Å². The van der Waals surface area contributed by atoms with Gasteiger partial charge in [-0.1, -0.05) is 0 Å². The summed E-state index contributed by atoms with van der Waals surface area (Å²) in [7, 11) is 0. The fraction of sp³-hybridized carbons (Fsp3) is 0.167. The van der Waals surface area contributed by atoms with Gasteiger partial charge in [-0.2, -0.15) is 0 Å². The second kappa shape index (κ2) is 4.04. The van der Waals surface area contributed by atoms with E-state index in [2.05, 4.69) is 41.4 Å². The summed E-state index contributed by atoms with van der Waals surface area (Å²) in [5.74, 6) is 0.635. The van der Waals surface area contributed by atoms with E-state index in [1.54, 1.807) is 12.3 Å². The second-order valence-electron chi connectivity index (χ2n) is 1.91. The van der Waals surface area contributed by atoms with Gasteiger partial charge in [0.05, 0.1) is 6.61 Å². The van der Waals surface area contributed by atoms with Crippen LogP contribution < -0.4 is 4.34 Å². The van der Waals surface area contributed by atoms with Crippen molar-refractivity contribution < 1.29 is 5.11 Å². The van der Waals surface area contributed by atoms with Gasteiger partial charge in [0.25, 0.3) is 0 Å². The van der Waals surface area contributed by atoms with Crippen LogP contribution in [-0.4, -0.2) is 10.1 Å². The van der Waals surface area contributed by atoms with Gasteiger partial charge < -0.3 is 9.45 Å². The Balaban J connectivity index is 3.06. The van der Waals surface area contributed by atoms with Gasteiger partial charge >= 0.3 is 0 Å². The Morgan fingerprint density at radius 3 is 2.91 bits per heavy atom. The number of nitrogens with one attached hydrogen (secondary N) is 1. The van der Waals surface area contributed by atoms with E-state index < -0.39 is 0 Å². The molecule has 0 atom stereocenters. The van der Waals surface area contributed by atoms with Crippen molar-refractivity contribution in [3.05, 3.63) is 22.3 Å². The summed E-state index contributed by atoms with van der Waals surface area (Å²) in [5, 5.41) is 8.85. The predicted octanol–water partition coefficient (Wildman–Crippen LogP) is 2.06. The topological polar surface area (TPSA) is 45.2 Å². The average molecular weight is 282 g/mol. The predicted molar refractivity (Wildman–Crippen MR) is 50.4 cm³/mol. The van der Waals surface area contributed by atoms with E-state index in [1.807, 2.05) is 0 Å². The molecule has 0 saturated carbocycles. The highest BCUT2D eigenvalue weighted by molar-refractivity contribution is 9.10. The molecule has 0 aliphatic heterocycles. The lowest BCUT2D eigenvalue weighted by molar-refractivity contribution is 0.282. The number of nitrogens with zero attached hydrogens (tertiary/aromatic N) is 1. The van der Waals surface area contributed by atoms with Gasteiger partial charge in [-0.15, -0.1) is 0 Å². The van der Waals surface area contributed by atoms with Gasteiger partial charge in [-0.05, 0) is 22.0 Å². The Hall–Kier alpha value is -0.130. The molecule has 2 N–H and O–H groups in total. The third kappa shape index (κ3) is 2.15. The molecule has 1 heterocycles. The number of halogens is 2. The van der Waals surface area contributed by atoms with Crippen LogP contribution in [-0.2, 0) is 6.61 Å². The summed E-state index contributed by atoms with van der Waals surface area (Å²) < 4.78 is 3.55. The molecule has 11 heavy (non-hydrogen) atoms. The number of anilines is 1. The lowest BCUT2D eigenvalue weighted by atomic mass is 10.3. The molecule has 0 aromatic carbocycles. The fourth-order valence-corrected chi connectivity index (χ4v) is 1.42. The third-order valence-electron chi connectivity index (χ3n) is 1.19. The van der Waals surface area contributed by atoms with Gasteiger partial charge in [-0.3, -0.25) is 0 Å². The molecule has 0 aliphatic rings. The summed E-state index contributed by atoms with van der Waals surface area (Å²) in [5.41, 5.74) is 0.747. The van der Waals surface area contributed by atoms with Crippen LogP contribution in [0.5, 0.6) is 0 Å². The number of aliphatic hydroxyl groups excluding tert-OH is 1. The fourth-order valence-electron chi connectivity index (χ4n) is 0.687. The van der Waals surface area contributed by atoms with Crippen molar-refractivity contribution in [1.29, 1.82) is 0 Å². The molecule has 1 aromatic heterocycles. The molecule has 1 aromatic rings. The zero-order valence-electron chi connectivity index (χ0n) is 5.51. The van der Waals surface area contributed by atoms with Crippen LogP contribution in [0.25, 0.3) is 0 Å². The first-order valence-corrected chi connectivity index (χ1v) is 4.48. The van der Waals surface area contributed by atoms with Crippen LogP contribution in [0.1, 0.15) is 5.56 Å². The van der Waals surface area contributed by atoms with Gasteiger partial charge in [0, 0.05) is 32.4 Å². The average Bonchev–Trinajstić information content (AvgIpc) is 2.04. The maximum Gasteiger partial charge on any atom is 0.141 e. The zero-order chi connectivity index (χ0) is 8.27. The minimum atomic E-state index is -0.0274. The normalized spacial score (nSPS) is 9.73. The highest BCUT2D eigenvalue weighted by atomic mass is 79.9. The zero-order valence-corrected chi connectivity index (χ0v) is 8.68. The lowest BCUT2D eigenvalue weighted by Gasteiger charge is -2.03. The van der Waals surface area contributed by atoms with Crippen molar-refractivity contribution >= 4 is 37.9 Å². The van der Waals surface area contributed by atoms with Crippen LogP contribution in [0.15, 0.2) is 16.7 Å². The first-order chi connectivity index (χ1) is 5.27. The summed E-state index contributed by atoms with van der Waals surface area (Å²) in [4.78, 5) is 4.00. The summed E-state index contributed by atoms with van der Waals surface area (Å²) in [6.45, 7) is -0.0274. The highest BCUT2D eigenvalue weighted by Crippen LogP contribution is 2.18. The SMILES string of the molecule is OCc1cc(Br)cnc1NBr. The quantitative estimate of drug-likeness (QED) is 0.816. The van der Waals surface area contributed by atoms with Crippen LogP contribution in [0, 0.1) is 0 Å². The maximum atomic E-state index is 8.85. The molecule has 0 spiro atoms. The first-order valence-electron chi connectivity index (χ1n) is 2.90. The summed E-state index contributed by atoms with van der Waals surface area (Å²) in [6, 6.07) is 1.80. The first kappa shape index (κ1) is 8.96. The Morgan fingerprint density at radius 1 is 1.64 bits per heavy atom. The van der Waals surface area contributed by atoms with Gasteiger partial charge in [0.1, 0.15) is 5.82 Å². The lowest BCUT2D eigenvalue weighted by Crippen LogP contribution is -1.93. The summed E-state index contributed by atoms with van der Waals surface area (Å²) in [6.07, 6.45) is 1.66. The van der Waals surface area contributed by atoms with E-state index in [4.69, 9.17) is 5.11 Å². The van der Waals surface area contributed by atoms with Crippen molar-refractivity contribution in [1.82, 2.24) is 4.98 Å². The van der Waals surface area contributed by atoms with Crippen molar-refractivity contribution in [3.8, 4) is 0 Å². The van der Waals surface area contributed by atoms with Crippen molar-refractivity contribution in [3.63, 3.8) is 0 Å². The van der Waals surface area contributed by atoms with Crippen LogP contribution in [0.3, 0.4) is 0 Å². The smallest absolute Gasteiger partial charge is 0.141 e. The van der Waals surface area contributed by atoms with E-state index >= 15 is 0 Å². The van der Waals surface area contributed by atoms with Crippen molar-refractivity contribution in [2.45, 2.75) is 6.61 Å². The Labute approximate surface area is 81.3 Å². The third-order valence-corrected chi connectivity index (χ3v) is 2.00. The van der Waals surface area contributed by atoms with E-state index in [0.29, 0.717) is 5.82 Å². The van der Waals surface area contributed by atoms with Gasteiger partial charge in [-0.25, -0.2) is 4.98 Å². The molecule has 0 bridgehead atoms. The molecule has 0 fully saturated rings. The van der Waals surface area contributed by atoms with Crippen LogP contribution >= 0.6 is 32.1 Å². The van der Waals surface area contributed by atoms with E-state index in [9.17, 15) is 0 Å². The minimum absolute atomic E-state index is 0.0274.